The minimum Gasteiger partial charge on any atom is 0 e. The third-order valence-electron chi connectivity index (χ3n) is 0. The zero-order valence-corrected chi connectivity index (χ0v) is 5.22. The third-order valence-corrected chi connectivity index (χ3v) is 0. The van der Waals surface area contributed by atoms with Crippen molar-refractivity contribution in [2.45, 2.75) is 0 Å². The van der Waals surface area contributed by atoms with Crippen molar-refractivity contribution in [3.63, 3.8) is 0 Å². The molecule has 0 heterocycles. The summed E-state index contributed by atoms with van der Waals surface area (Å²) in [4.78, 5) is 8.56. The van der Waals surface area contributed by atoms with Crippen LogP contribution in [-0.4, -0.2) is 67.8 Å². The Morgan fingerprint density at radius 2 is 1.33 bits per heavy atom. The molecule has 0 amide bonds. The zero-order chi connectivity index (χ0) is 3.58. The van der Waals surface area contributed by atoms with Gasteiger partial charge in [0.25, 0.3) is 0 Å². The van der Waals surface area contributed by atoms with Gasteiger partial charge in [0.05, 0.1) is 0 Å². The SMILES string of the molecule is O=C(O)O.[KH].[Y]. The molecule has 0 unspecified atom stereocenters. The molecule has 5 heteroatoms. The van der Waals surface area contributed by atoms with Gasteiger partial charge < -0.3 is 10.2 Å². The molecule has 0 aliphatic carbocycles. The zero-order valence-electron chi connectivity index (χ0n) is 2.38. The molecule has 0 bridgehead atoms. The van der Waals surface area contributed by atoms with Crippen molar-refractivity contribution < 1.29 is 47.7 Å². The second-order valence-electron chi connectivity index (χ2n) is 0.283. The molecule has 29 valence electrons. The van der Waals surface area contributed by atoms with Gasteiger partial charge in [-0.1, -0.05) is 0 Å². The van der Waals surface area contributed by atoms with Crippen LogP contribution in [0.25, 0.3) is 0 Å². The van der Waals surface area contributed by atoms with Crippen LogP contribution in [0.4, 0.5) is 4.79 Å². The quantitative estimate of drug-likeness (QED) is 0.511. The summed E-state index contributed by atoms with van der Waals surface area (Å²) in [5, 5.41) is 13.9. The van der Waals surface area contributed by atoms with E-state index in [4.69, 9.17) is 15.0 Å². The van der Waals surface area contributed by atoms with E-state index < -0.39 is 6.16 Å². The van der Waals surface area contributed by atoms with Crippen LogP contribution in [0.15, 0.2) is 0 Å². The molecule has 0 fully saturated rings. The van der Waals surface area contributed by atoms with Gasteiger partial charge in [0.15, 0.2) is 0 Å². The molecule has 0 atom stereocenters. The fraction of sp³-hybridized carbons (Fsp3) is 0. The maximum Gasteiger partial charge on any atom is 0 e. The predicted molar refractivity (Wildman–Crippen MR) is 17.8 cm³/mol. The van der Waals surface area contributed by atoms with E-state index in [1.165, 1.54) is 0 Å². The number of carboxylic acid groups (broad SMARTS) is 2. The fourth-order valence-corrected chi connectivity index (χ4v) is 0. The van der Waals surface area contributed by atoms with Gasteiger partial charge in [-0.05, 0) is 0 Å². The Hall–Kier alpha value is 2.01. The minimum absolute atomic E-state index is 0. The first kappa shape index (κ1) is 15.7. The van der Waals surface area contributed by atoms with E-state index >= 15 is 0 Å². The van der Waals surface area contributed by atoms with Crippen molar-refractivity contribution in [3.05, 3.63) is 0 Å². The summed E-state index contributed by atoms with van der Waals surface area (Å²) in [7, 11) is 0. The summed E-state index contributed by atoms with van der Waals surface area (Å²) < 4.78 is 0. The van der Waals surface area contributed by atoms with Crippen LogP contribution >= 0.6 is 0 Å². The second kappa shape index (κ2) is 10.1. The average Bonchev–Trinajstić information content (AvgIpc) is 0.811. The van der Waals surface area contributed by atoms with Crippen molar-refractivity contribution in [2.24, 2.45) is 0 Å². The van der Waals surface area contributed by atoms with Gasteiger partial charge in [0.1, 0.15) is 0 Å². The first-order valence-electron chi connectivity index (χ1n) is 0.651. The molecule has 0 saturated heterocycles. The van der Waals surface area contributed by atoms with Crippen LogP contribution in [0.3, 0.4) is 0 Å². The topological polar surface area (TPSA) is 57.5 Å². The van der Waals surface area contributed by atoms with E-state index in [1.54, 1.807) is 0 Å². The Morgan fingerprint density at radius 1 is 1.33 bits per heavy atom. The maximum absolute atomic E-state index is 8.56. The molecule has 0 aromatic heterocycles. The first-order valence-corrected chi connectivity index (χ1v) is 0.651. The molecule has 0 aromatic rings. The van der Waals surface area contributed by atoms with Crippen molar-refractivity contribution in [1.29, 1.82) is 0 Å². The molecular weight excluding hydrogens is 188 g/mol. The summed E-state index contributed by atoms with van der Waals surface area (Å²) in [6.45, 7) is 0. The van der Waals surface area contributed by atoms with Crippen molar-refractivity contribution in [2.75, 3.05) is 0 Å². The number of hydrogen-bond acceptors (Lipinski definition) is 1. The van der Waals surface area contributed by atoms with E-state index in [0.717, 1.165) is 0 Å². The monoisotopic (exact) mass is 191 g/mol. The standard InChI is InChI=1S/CH2O3.K.Y.H/c2-1(3)4;;;/h(H2,2,3,4);;;. The molecule has 3 nitrogen and oxygen atoms in total. The Kier molecular flexibility index (Phi) is 26.4. The van der Waals surface area contributed by atoms with Crippen molar-refractivity contribution >= 4 is 57.5 Å². The molecule has 0 saturated carbocycles. The van der Waals surface area contributed by atoms with Crippen LogP contribution in [0, 0.1) is 0 Å². The molecule has 0 aliphatic heterocycles. The largest absolute Gasteiger partial charge is 0 e. The van der Waals surface area contributed by atoms with E-state index in [0.29, 0.717) is 0 Å². The maximum atomic E-state index is 8.56. The van der Waals surface area contributed by atoms with Crippen molar-refractivity contribution in [1.82, 2.24) is 0 Å². The first-order chi connectivity index (χ1) is 1.73. The second-order valence-corrected chi connectivity index (χ2v) is 0.283. The Morgan fingerprint density at radius 3 is 1.33 bits per heavy atom. The smallest absolute Gasteiger partial charge is 0 e. The summed E-state index contributed by atoms with van der Waals surface area (Å²) in [6.07, 6.45) is -1.83. The Labute approximate surface area is 103 Å². The van der Waals surface area contributed by atoms with E-state index in [2.05, 4.69) is 0 Å². The molecular formula is CH3KO3Y. The van der Waals surface area contributed by atoms with Gasteiger partial charge >= 0.3 is 57.5 Å². The summed E-state index contributed by atoms with van der Waals surface area (Å²) in [5.74, 6) is 0. The van der Waals surface area contributed by atoms with Crippen molar-refractivity contribution in [3.8, 4) is 0 Å². The van der Waals surface area contributed by atoms with E-state index in [-0.39, 0.29) is 84.1 Å². The van der Waals surface area contributed by atoms with Gasteiger partial charge in [-0.15, -0.1) is 0 Å². The van der Waals surface area contributed by atoms with Crippen LogP contribution < -0.4 is 0 Å². The number of rotatable bonds is 0. The summed E-state index contributed by atoms with van der Waals surface area (Å²) in [5.41, 5.74) is 0. The minimum atomic E-state index is -1.83. The summed E-state index contributed by atoms with van der Waals surface area (Å²) in [6, 6.07) is 0. The molecule has 6 heavy (non-hydrogen) atoms. The molecule has 1 radical (unpaired) electrons. The van der Waals surface area contributed by atoms with Crippen LogP contribution in [0.5, 0.6) is 0 Å². The van der Waals surface area contributed by atoms with Crippen LogP contribution in [0.1, 0.15) is 0 Å². The fourth-order valence-electron chi connectivity index (χ4n) is 0. The molecule has 0 aromatic carbocycles. The molecule has 0 rings (SSSR count). The normalized spacial score (nSPS) is 4.00. The van der Waals surface area contributed by atoms with E-state index in [1.807, 2.05) is 0 Å². The number of carbonyl (C=O) groups is 1. The van der Waals surface area contributed by atoms with Crippen LogP contribution in [0.2, 0.25) is 0 Å². The van der Waals surface area contributed by atoms with E-state index in [9.17, 15) is 0 Å². The Bertz CT molecular complexity index is 33.8. The average molecular weight is 191 g/mol. The molecule has 0 spiro atoms. The van der Waals surface area contributed by atoms with Gasteiger partial charge in [0, 0.05) is 32.7 Å². The van der Waals surface area contributed by atoms with Gasteiger partial charge in [-0.2, -0.15) is 0 Å². The molecule has 2 N–H and O–H groups in total. The predicted octanol–water partition coefficient (Wildman–Crippen LogP) is -0.429. The Balaban J connectivity index is -0.0000000450. The van der Waals surface area contributed by atoms with Gasteiger partial charge in [0.2, 0.25) is 0 Å². The van der Waals surface area contributed by atoms with Gasteiger partial charge in [-0.25, -0.2) is 4.79 Å². The molecule has 0 aliphatic rings. The summed E-state index contributed by atoms with van der Waals surface area (Å²) >= 11 is 0. The van der Waals surface area contributed by atoms with Gasteiger partial charge in [-0.3, -0.25) is 0 Å². The third kappa shape index (κ3) is 37.3. The van der Waals surface area contributed by atoms with Crippen LogP contribution in [-0.2, 0) is 32.7 Å². The number of hydrogen-bond donors (Lipinski definition) is 2.